The third kappa shape index (κ3) is 3.46. The van der Waals surface area contributed by atoms with Crippen molar-refractivity contribution in [3.63, 3.8) is 0 Å². The standard InChI is InChI=1S/C20H17ClN4O2S/c1-3-27-14-9-10-15-16(11-14)28-20(22-15)23-19(26)17-12(2)24-25(18(17)21)13-7-5-4-6-8-13/h4-11H,3H2,1-2H3,(H,22,23,26). The Balaban J connectivity index is 1.62. The summed E-state index contributed by atoms with van der Waals surface area (Å²) in [4.78, 5) is 17.3. The van der Waals surface area contributed by atoms with Gasteiger partial charge in [0, 0.05) is 0 Å². The molecule has 0 aliphatic rings. The van der Waals surface area contributed by atoms with E-state index in [0.29, 0.717) is 23.0 Å². The maximum atomic E-state index is 12.8. The van der Waals surface area contributed by atoms with Gasteiger partial charge in [0.25, 0.3) is 5.91 Å². The van der Waals surface area contributed by atoms with Crippen LogP contribution in [0.3, 0.4) is 0 Å². The van der Waals surface area contributed by atoms with E-state index in [1.54, 1.807) is 11.6 Å². The lowest BCUT2D eigenvalue weighted by atomic mass is 10.2. The van der Waals surface area contributed by atoms with E-state index in [1.165, 1.54) is 11.3 Å². The second-order valence-corrected chi connectivity index (χ2v) is 7.42. The lowest BCUT2D eigenvalue weighted by molar-refractivity contribution is 0.102. The number of aryl methyl sites for hydroxylation is 1. The number of amides is 1. The first-order valence-corrected chi connectivity index (χ1v) is 9.91. The maximum Gasteiger partial charge on any atom is 0.262 e. The number of nitrogens with one attached hydrogen (secondary N) is 1. The number of benzene rings is 2. The van der Waals surface area contributed by atoms with Gasteiger partial charge in [0.15, 0.2) is 5.13 Å². The molecule has 4 rings (SSSR count). The van der Waals surface area contributed by atoms with Crippen molar-refractivity contribution >= 4 is 44.2 Å². The van der Waals surface area contributed by atoms with Gasteiger partial charge in [-0.2, -0.15) is 5.10 Å². The zero-order valence-electron chi connectivity index (χ0n) is 15.3. The Morgan fingerprint density at radius 1 is 1.25 bits per heavy atom. The van der Waals surface area contributed by atoms with E-state index in [9.17, 15) is 4.79 Å². The molecule has 0 bridgehead atoms. The number of halogens is 1. The molecule has 0 atom stereocenters. The Morgan fingerprint density at radius 3 is 2.79 bits per heavy atom. The molecule has 1 amide bonds. The number of carbonyl (C=O) groups excluding carboxylic acids is 1. The molecule has 1 N–H and O–H groups in total. The number of aromatic nitrogens is 3. The molecule has 0 fully saturated rings. The molecule has 8 heteroatoms. The number of rotatable bonds is 5. The van der Waals surface area contributed by atoms with E-state index in [0.717, 1.165) is 21.7 Å². The predicted octanol–water partition coefficient (Wildman–Crippen LogP) is 5.09. The average Bonchev–Trinajstić information content (AvgIpc) is 3.21. The molecule has 6 nitrogen and oxygen atoms in total. The smallest absolute Gasteiger partial charge is 0.262 e. The minimum atomic E-state index is -0.339. The fourth-order valence-electron chi connectivity index (χ4n) is 2.87. The maximum absolute atomic E-state index is 12.8. The predicted molar refractivity (Wildman–Crippen MR) is 112 cm³/mol. The molecule has 142 valence electrons. The van der Waals surface area contributed by atoms with E-state index in [-0.39, 0.29) is 11.1 Å². The summed E-state index contributed by atoms with van der Waals surface area (Å²) in [6.07, 6.45) is 0. The van der Waals surface area contributed by atoms with Crippen LogP contribution < -0.4 is 10.1 Å². The zero-order chi connectivity index (χ0) is 19.7. The average molecular weight is 413 g/mol. The first-order valence-electron chi connectivity index (χ1n) is 8.72. The van der Waals surface area contributed by atoms with E-state index in [2.05, 4.69) is 15.4 Å². The number of hydrogen-bond donors (Lipinski definition) is 1. The largest absolute Gasteiger partial charge is 0.494 e. The van der Waals surface area contributed by atoms with Crippen molar-refractivity contribution in [2.75, 3.05) is 11.9 Å². The molecule has 0 spiro atoms. The fraction of sp³-hybridized carbons (Fsp3) is 0.150. The van der Waals surface area contributed by atoms with Crippen LogP contribution >= 0.6 is 22.9 Å². The molecular weight excluding hydrogens is 396 g/mol. The van der Waals surface area contributed by atoms with Crippen LogP contribution in [-0.4, -0.2) is 27.3 Å². The summed E-state index contributed by atoms with van der Waals surface area (Å²) < 4.78 is 8.00. The van der Waals surface area contributed by atoms with Crippen molar-refractivity contribution in [1.29, 1.82) is 0 Å². The normalized spacial score (nSPS) is 11.0. The molecule has 2 aromatic heterocycles. The van der Waals surface area contributed by atoms with Gasteiger partial charge in [-0.05, 0) is 44.2 Å². The Hall–Kier alpha value is -2.90. The number of nitrogens with zero attached hydrogens (tertiary/aromatic N) is 3. The fourth-order valence-corrected chi connectivity index (χ4v) is 4.12. The van der Waals surface area contributed by atoms with Gasteiger partial charge in [0.05, 0.1) is 28.2 Å². The van der Waals surface area contributed by atoms with Crippen molar-refractivity contribution in [3.8, 4) is 11.4 Å². The van der Waals surface area contributed by atoms with Gasteiger partial charge in [-0.25, -0.2) is 9.67 Å². The molecule has 2 aromatic carbocycles. The quantitative estimate of drug-likeness (QED) is 0.495. The van der Waals surface area contributed by atoms with Crippen LogP contribution in [0.1, 0.15) is 23.0 Å². The monoisotopic (exact) mass is 412 g/mol. The minimum absolute atomic E-state index is 0.265. The summed E-state index contributed by atoms with van der Waals surface area (Å²) in [7, 11) is 0. The third-order valence-corrected chi connectivity index (χ3v) is 5.41. The number of ether oxygens (including phenoxy) is 1. The summed E-state index contributed by atoms with van der Waals surface area (Å²) in [5, 5.41) is 8.01. The third-order valence-electron chi connectivity index (χ3n) is 4.12. The van der Waals surface area contributed by atoms with Crippen molar-refractivity contribution in [1.82, 2.24) is 14.8 Å². The van der Waals surface area contributed by atoms with Gasteiger partial charge >= 0.3 is 0 Å². The van der Waals surface area contributed by atoms with Crippen molar-refractivity contribution in [2.24, 2.45) is 0 Å². The van der Waals surface area contributed by atoms with Gasteiger partial charge in [-0.1, -0.05) is 41.1 Å². The highest BCUT2D eigenvalue weighted by Crippen LogP contribution is 2.30. The van der Waals surface area contributed by atoms with Crippen LogP contribution in [0.2, 0.25) is 5.15 Å². The van der Waals surface area contributed by atoms with Gasteiger partial charge < -0.3 is 4.74 Å². The lowest BCUT2D eigenvalue weighted by Gasteiger charge is -2.03. The number of fused-ring (bicyclic) bond motifs is 1. The summed E-state index contributed by atoms with van der Waals surface area (Å²) in [6, 6.07) is 15.1. The second-order valence-electron chi connectivity index (χ2n) is 6.03. The van der Waals surface area contributed by atoms with Crippen molar-refractivity contribution in [2.45, 2.75) is 13.8 Å². The highest BCUT2D eigenvalue weighted by Gasteiger charge is 2.22. The van der Waals surface area contributed by atoms with E-state index in [4.69, 9.17) is 16.3 Å². The highest BCUT2D eigenvalue weighted by molar-refractivity contribution is 7.22. The highest BCUT2D eigenvalue weighted by atomic mass is 35.5. The minimum Gasteiger partial charge on any atom is -0.494 e. The molecular formula is C20H17ClN4O2S. The topological polar surface area (TPSA) is 69.0 Å². The zero-order valence-corrected chi connectivity index (χ0v) is 16.8. The lowest BCUT2D eigenvalue weighted by Crippen LogP contribution is -2.12. The number of thiazole rings is 1. The SMILES string of the molecule is CCOc1ccc2nc(NC(=O)c3c(C)nn(-c4ccccc4)c3Cl)sc2c1. The van der Waals surface area contributed by atoms with E-state index >= 15 is 0 Å². The summed E-state index contributed by atoms with van der Waals surface area (Å²) >= 11 is 7.85. The van der Waals surface area contributed by atoms with Gasteiger partial charge in [0.2, 0.25) is 0 Å². The molecule has 0 saturated heterocycles. The summed E-state index contributed by atoms with van der Waals surface area (Å²) in [5.41, 5.74) is 2.47. The summed E-state index contributed by atoms with van der Waals surface area (Å²) in [5.74, 6) is 0.438. The Bertz CT molecular complexity index is 1150. The number of carbonyl (C=O) groups is 1. The molecule has 2 heterocycles. The van der Waals surface area contributed by atoms with E-state index in [1.807, 2.05) is 55.5 Å². The second kappa shape index (κ2) is 7.61. The first-order chi connectivity index (χ1) is 13.6. The molecule has 4 aromatic rings. The van der Waals surface area contributed by atoms with Crippen LogP contribution in [0.4, 0.5) is 5.13 Å². The summed E-state index contributed by atoms with van der Waals surface area (Å²) in [6.45, 7) is 4.29. The molecule has 0 aliphatic heterocycles. The van der Waals surface area contributed by atoms with Crippen LogP contribution in [0, 0.1) is 6.92 Å². The molecule has 0 aliphatic carbocycles. The van der Waals surface area contributed by atoms with Gasteiger partial charge in [-0.3, -0.25) is 10.1 Å². The Kier molecular flexibility index (Phi) is 5.02. The molecule has 0 unspecified atom stereocenters. The molecule has 0 radical (unpaired) electrons. The molecule has 0 saturated carbocycles. The Labute approximate surface area is 170 Å². The van der Waals surface area contributed by atoms with Crippen LogP contribution in [-0.2, 0) is 0 Å². The number of para-hydroxylation sites is 1. The van der Waals surface area contributed by atoms with Crippen molar-refractivity contribution < 1.29 is 9.53 Å². The number of anilines is 1. The molecule has 28 heavy (non-hydrogen) atoms. The van der Waals surface area contributed by atoms with E-state index < -0.39 is 0 Å². The first kappa shape index (κ1) is 18.5. The number of hydrogen-bond acceptors (Lipinski definition) is 5. The van der Waals surface area contributed by atoms with Gasteiger partial charge in [-0.15, -0.1) is 0 Å². The van der Waals surface area contributed by atoms with Crippen LogP contribution in [0.15, 0.2) is 48.5 Å². The Morgan fingerprint density at radius 2 is 2.04 bits per heavy atom. The van der Waals surface area contributed by atoms with Crippen LogP contribution in [0.25, 0.3) is 15.9 Å². The van der Waals surface area contributed by atoms with Crippen molar-refractivity contribution in [3.05, 3.63) is 64.9 Å². The van der Waals surface area contributed by atoms with Gasteiger partial charge in [0.1, 0.15) is 16.5 Å². The van der Waals surface area contributed by atoms with Crippen LogP contribution in [0.5, 0.6) is 5.75 Å².